The molecule has 0 aliphatic carbocycles. The molecule has 2 aliphatic rings. The average molecular weight is 450 g/mol. The molecule has 0 radical (unpaired) electrons. The van der Waals surface area contributed by atoms with Gasteiger partial charge in [0.05, 0.1) is 15.6 Å². The van der Waals surface area contributed by atoms with Crippen LogP contribution in [0, 0.1) is 5.82 Å². The summed E-state index contributed by atoms with van der Waals surface area (Å²) in [5.41, 5.74) is 0.987. The predicted octanol–water partition coefficient (Wildman–Crippen LogP) is 3.88. The van der Waals surface area contributed by atoms with Gasteiger partial charge in [0.2, 0.25) is 0 Å². The molecule has 0 unspecified atom stereocenters. The van der Waals surface area contributed by atoms with Crippen LogP contribution in [0.25, 0.3) is 0 Å². The normalized spacial score (nSPS) is 20.7. The van der Waals surface area contributed by atoms with Crippen molar-refractivity contribution in [2.24, 2.45) is 4.40 Å². The molecule has 6 nitrogen and oxygen atoms in total. The molecule has 10 heteroatoms. The highest BCUT2D eigenvalue weighted by molar-refractivity contribution is 8.19. The number of fused-ring (bicyclic) bond motifs is 1. The number of hydrogen-bond donors (Lipinski definition) is 0. The summed E-state index contributed by atoms with van der Waals surface area (Å²) in [6.07, 6.45) is 0. The Hall–Kier alpha value is -2.30. The zero-order valence-corrected chi connectivity index (χ0v) is 17.9. The van der Waals surface area contributed by atoms with E-state index in [4.69, 9.17) is 0 Å². The maximum absolute atomic E-state index is 13.1. The van der Waals surface area contributed by atoms with Gasteiger partial charge in [0.15, 0.2) is 5.17 Å². The lowest BCUT2D eigenvalue weighted by Crippen LogP contribution is -2.30. The van der Waals surface area contributed by atoms with Crippen molar-refractivity contribution in [2.45, 2.75) is 16.7 Å². The minimum absolute atomic E-state index is 0.0919. The van der Waals surface area contributed by atoms with Gasteiger partial charge < -0.3 is 4.90 Å². The van der Waals surface area contributed by atoms with E-state index >= 15 is 0 Å². The largest absolute Gasteiger partial charge is 0.337 e. The summed E-state index contributed by atoms with van der Waals surface area (Å²) in [4.78, 5) is 17.6. The van der Waals surface area contributed by atoms with Gasteiger partial charge in [-0.05, 0) is 55.1 Å². The molecule has 0 N–H and O–H groups in total. The van der Waals surface area contributed by atoms with Crippen molar-refractivity contribution >= 4 is 50.3 Å². The second-order valence-electron chi connectivity index (χ2n) is 6.22. The molecule has 1 saturated heterocycles. The third-order valence-electron chi connectivity index (χ3n) is 4.42. The van der Waals surface area contributed by atoms with Crippen LogP contribution in [0.5, 0.6) is 0 Å². The topological polar surface area (TPSA) is 70.1 Å². The Balaban J connectivity index is 1.73. The molecule has 29 heavy (non-hydrogen) atoms. The molecular formula is C19H16FN3O3S3. The molecule has 0 atom stereocenters. The highest BCUT2D eigenvalue weighted by Gasteiger charge is 2.39. The van der Waals surface area contributed by atoms with Gasteiger partial charge >= 0.3 is 0 Å². The van der Waals surface area contributed by atoms with Crippen molar-refractivity contribution < 1.29 is 17.6 Å². The fourth-order valence-electron chi connectivity index (χ4n) is 2.94. The van der Waals surface area contributed by atoms with Crippen LogP contribution in [0.15, 0.2) is 72.7 Å². The SMILES string of the molecule is CCN1C(=O)/C(=C2\Sc3ccccc3N2C)S/C1=N\S(=O)(=O)c1ccc(F)cc1. The molecule has 2 aliphatic heterocycles. The van der Waals surface area contributed by atoms with Crippen LogP contribution >= 0.6 is 23.5 Å². The Labute approximate surface area is 176 Å². The number of sulfonamides is 1. The molecule has 1 fully saturated rings. The quantitative estimate of drug-likeness (QED) is 0.663. The van der Waals surface area contributed by atoms with Gasteiger partial charge in [-0.1, -0.05) is 23.9 Å². The van der Waals surface area contributed by atoms with Crippen molar-refractivity contribution in [1.82, 2.24) is 4.90 Å². The van der Waals surface area contributed by atoms with Crippen LogP contribution < -0.4 is 4.90 Å². The number of likely N-dealkylation sites (N-methyl/N-ethyl adjacent to an activating group) is 1. The van der Waals surface area contributed by atoms with Gasteiger partial charge in [0.25, 0.3) is 15.9 Å². The first-order valence-electron chi connectivity index (χ1n) is 8.67. The second kappa shape index (κ2) is 7.51. The zero-order chi connectivity index (χ0) is 20.8. The smallest absolute Gasteiger partial charge is 0.284 e. The van der Waals surface area contributed by atoms with Crippen molar-refractivity contribution in [3.8, 4) is 0 Å². The van der Waals surface area contributed by atoms with Gasteiger partial charge in [-0.15, -0.1) is 4.40 Å². The van der Waals surface area contributed by atoms with E-state index < -0.39 is 15.8 Å². The Kier molecular flexibility index (Phi) is 5.18. The van der Waals surface area contributed by atoms with E-state index in [-0.39, 0.29) is 22.5 Å². The van der Waals surface area contributed by atoms with E-state index in [1.165, 1.54) is 16.7 Å². The van der Waals surface area contributed by atoms with Gasteiger partial charge in [-0.25, -0.2) is 4.39 Å². The van der Waals surface area contributed by atoms with Gasteiger partial charge in [0.1, 0.15) is 10.7 Å². The molecule has 1 amide bonds. The lowest BCUT2D eigenvalue weighted by Gasteiger charge is -2.15. The molecule has 2 aromatic carbocycles. The van der Waals surface area contributed by atoms with E-state index in [1.54, 1.807) is 6.92 Å². The van der Waals surface area contributed by atoms with E-state index in [1.807, 2.05) is 36.2 Å². The Morgan fingerprint density at radius 3 is 2.41 bits per heavy atom. The Bertz CT molecular complexity index is 1160. The predicted molar refractivity (Wildman–Crippen MR) is 114 cm³/mol. The lowest BCUT2D eigenvalue weighted by molar-refractivity contribution is -0.122. The number of nitrogens with zero attached hydrogens (tertiary/aromatic N) is 3. The molecule has 2 heterocycles. The third-order valence-corrected chi connectivity index (χ3v) is 8.25. The van der Waals surface area contributed by atoms with E-state index in [2.05, 4.69) is 4.40 Å². The van der Waals surface area contributed by atoms with Crippen LogP contribution in [-0.2, 0) is 14.8 Å². The minimum atomic E-state index is -4.08. The molecule has 4 rings (SSSR count). The lowest BCUT2D eigenvalue weighted by atomic mass is 10.3. The first-order valence-corrected chi connectivity index (χ1v) is 11.7. The zero-order valence-electron chi connectivity index (χ0n) is 15.5. The van der Waals surface area contributed by atoms with Gasteiger partial charge in [-0.3, -0.25) is 9.69 Å². The summed E-state index contributed by atoms with van der Waals surface area (Å²) >= 11 is 2.50. The van der Waals surface area contributed by atoms with Crippen molar-refractivity contribution in [3.63, 3.8) is 0 Å². The highest BCUT2D eigenvalue weighted by atomic mass is 32.2. The molecule has 150 valence electrons. The number of halogens is 1. The number of hydrogen-bond acceptors (Lipinski definition) is 6. The molecule has 0 spiro atoms. The van der Waals surface area contributed by atoms with Crippen LogP contribution in [-0.4, -0.2) is 38.0 Å². The summed E-state index contributed by atoms with van der Waals surface area (Å²) in [5.74, 6) is -0.821. The standard InChI is InChI=1S/C19H16FN3O3S3/c1-3-23-17(24)16(18-22(2)14-6-4-5-7-15(14)27-18)28-19(23)21-29(25,26)13-10-8-12(20)9-11-13/h4-11H,3H2,1-2H3/b18-16+,21-19-. The average Bonchev–Trinajstić information content (AvgIpc) is 3.18. The number of thioether (sulfide) groups is 2. The third kappa shape index (κ3) is 3.56. The van der Waals surface area contributed by atoms with E-state index in [0.29, 0.717) is 4.91 Å². The van der Waals surface area contributed by atoms with Crippen LogP contribution in [0.3, 0.4) is 0 Å². The van der Waals surface area contributed by atoms with Gasteiger partial charge in [0, 0.05) is 18.5 Å². The highest BCUT2D eigenvalue weighted by Crippen LogP contribution is 2.49. The molecular weight excluding hydrogens is 433 g/mol. The monoisotopic (exact) mass is 449 g/mol. The first kappa shape index (κ1) is 20.0. The molecule has 0 aromatic heterocycles. The number of carbonyl (C=O) groups is 1. The Morgan fingerprint density at radius 1 is 1.07 bits per heavy atom. The number of carbonyl (C=O) groups excluding carboxylic acids is 1. The summed E-state index contributed by atoms with van der Waals surface area (Å²) in [7, 11) is -2.21. The van der Waals surface area contributed by atoms with E-state index in [0.717, 1.165) is 51.6 Å². The van der Waals surface area contributed by atoms with E-state index in [9.17, 15) is 17.6 Å². The number of amidine groups is 1. The molecule has 2 aromatic rings. The van der Waals surface area contributed by atoms with Crippen molar-refractivity contribution in [3.05, 3.63) is 64.3 Å². The summed E-state index contributed by atoms with van der Waals surface area (Å²) in [5, 5.41) is 0.832. The van der Waals surface area contributed by atoms with Gasteiger partial charge in [-0.2, -0.15) is 8.42 Å². The van der Waals surface area contributed by atoms with Crippen molar-refractivity contribution in [1.29, 1.82) is 0 Å². The van der Waals surface area contributed by atoms with Crippen molar-refractivity contribution in [2.75, 3.05) is 18.5 Å². The minimum Gasteiger partial charge on any atom is -0.337 e. The van der Waals surface area contributed by atoms with Crippen LogP contribution in [0.2, 0.25) is 0 Å². The molecule has 0 bridgehead atoms. The summed E-state index contributed by atoms with van der Waals surface area (Å²) in [6, 6.07) is 12.2. The summed E-state index contributed by atoms with van der Waals surface area (Å²) < 4.78 is 42.3. The second-order valence-corrected chi connectivity index (χ2v) is 9.83. The number of anilines is 1. The maximum atomic E-state index is 13.1. The number of rotatable bonds is 3. The maximum Gasteiger partial charge on any atom is 0.284 e. The fraction of sp³-hybridized carbons (Fsp3) is 0.158. The number of benzene rings is 2. The summed E-state index contributed by atoms with van der Waals surface area (Å²) in [6.45, 7) is 2.04. The number of para-hydroxylation sites is 1. The van der Waals surface area contributed by atoms with Crippen LogP contribution in [0.4, 0.5) is 10.1 Å². The Morgan fingerprint density at radius 2 is 1.76 bits per heavy atom. The number of amides is 1. The first-order chi connectivity index (χ1) is 13.8. The van der Waals surface area contributed by atoms with Crippen LogP contribution in [0.1, 0.15) is 6.92 Å². The fourth-order valence-corrected chi connectivity index (χ4v) is 6.53. The molecule has 0 saturated carbocycles.